The van der Waals surface area contributed by atoms with Gasteiger partial charge in [0.05, 0.1) is 13.2 Å². The Kier molecular flexibility index (Phi) is 2.86. The summed E-state index contributed by atoms with van der Waals surface area (Å²) in [4.78, 5) is 0. The summed E-state index contributed by atoms with van der Waals surface area (Å²) >= 11 is 0. The van der Waals surface area contributed by atoms with Crippen LogP contribution in [0.25, 0.3) is 0 Å². The molecule has 13 heavy (non-hydrogen) atoms. The van der Waals surface area contributed by atoms with Gasteiger partial charge in [-0.1, -0.05) is 13.3 Å². The molecule has 2 aliphatic rings. The standard InChI is InChI=1S/C10H20N2O/c1-10(8-13-9-10)7-11-12-5-3-2-4-6-12/h11H,2-9H2,1H3. The minimum Gasteiger partial charge on any atom is -0.380 e. The SMILES string of the molecule is CC1(CNN2CCCCC2)COC1. The Hall–Kier alpha value is -0.120. The van der Waals surface area contributed by atoms with E-state index < -0.39 is 0 Å². The molecule has 0 atom stereocenters. The van der Waals surface area contributed by atoms with Crippen LogP contribution in [0.1, 0.15) is 26.2 Å². The van der Waals surface area contributed by atoms with Crippen molar-refractivity contribution in [2.75, 3.05) is 32.8 Å². The molecule has 76 valence electrons. The Bertz CT molecular complexity index is 162. The Morgan fingerprint density at radius 1 is 1.23 bits per heavy atom. The molecule has 0 aromatic heterocycles. The fourth-order valence-electron chi connectivity index (χ4n) is 1.91. The highest BCUT2D eigenvalue weighted by atomic mass is 16.5. The van der Waals surface area contributed by atoms with Gasteiger partial charge in [-0.2, -0.15) is 0 Å². The van der Waals surface area contributed by atoms with Crippen molar-refractivity contribution in [3.63, 3.8) is 0 Å². The number of hydrogen-bond donors (Lipinski definition) is 1. The summed E-state index contributed by atoms with van der Waals surface area (Å²) in [5.41, 5.74) is 3.92. The van der Waals surface area contributed by atoms with Gasteiger partial charge in [0.2, 0.25) is 0 Å². The van der Waals surface area contributed by atoms with E-state index in [1.54, 1.807) is 0 Å². The van der Waals surface area contributed by atoms with Crippen LogP contribution in [0.3, 0.4) is 0 Å². The molecule has 0 amide bonds. The number of ether oxygens (including phenoxy) is 1. The first-order valence-electron chi connectivity index (χ1n) is 5.35. The zero-order valence-electron chi connectivity index (χ0n) is 8.51. The number of hydrogen-bond acceptors (Lipinski definition) is 3. The first-order valence-corrected chi connectivity index (χ1v) is 5.35. The fraction of sp³-hybridized carbons (Fsp3) is 1.00. The minimum absolute atomic E-state index is 0.400. The van der Waals surface area contributed by atoms with Crippen molar-refractivity contribution < 1.29 is 4.74 Å². The van der Waals surface area contributed by atoms with E-state index in [1.807, 2.05) is 0 Å². The van der Waals surface area contributed by atoms with Crippen LogP contribution in [-0.4, -0.2) is 37.9 Å². The van der Waals surface area contributed by atoms with E-state index in [4.69, 9.17) is 4.74 Å². The third kappa shape index (κ3) is 2.42. The molecule has 0 aromatic carbocycles. The Balaban J connectivity index is 1.66. The predicted molar refractivity (Wildman–Crippen MR) is 52.4 cm³/mol. The highest BCUT2D eigenvalue weighted by Gasteiger charge is 2.33. The summed E-state index contributed by atoms with van der Waals surface area (Å²) in [6.45, 7) is 7.65. The molecule has 0 unspecified atom stereocenters. The van der Waals surface area contributed by atoms with Crippen LogP contribution >= 0.6 is 0 Å². The van der Waals surface area contributed by atoms with Crippen molar-refractivity contribution in [3.05, 3.63) is 0 Å². The Morgan fingerprint density at radius 2 is 1.92 bits per heavy atom. The third-order valence-corrected chi connectivity index (χ3v) is 2.99. The molecule has 0 saturated carbocycles. The highest BCUT2D eigenvalue weighted by Crippen LogP contribution is 2.25. The molecule has 3 nitrogen and oxygen atoms in total. The predicted octanol–water partition coefficient (Wildman–Crippen LogP) is 1.01. The quantitative estimate of drug-likeness (QED) is 0.708. The van der Waals surface area contributed by atoms with Crippen molar-refractivity contribution >= 4 is 0 Å². The van der Waals surface area contributed by atoms with Gasteiger partial charge < -0.3 is 4.74 Å². The van der Waals surface area contributed by atoms with Crippen LogP contribution in [0.5, 0.6) is 0 Å². The molecule has 2 saturated heterocycles. The molecule has 2 aliphatic heterocycles. The summed E-state index contributed by atoms with van der Waals surface area (Å²) in [6, 6.07) is 0. The lowest BCUT2D eigenvalue weighted by atomic mass is 9.89. The van der Waals surface area contributed by atoms with E-state index in [2.05, 4.69) is 17.4 Å². The van der Waals surface area contributed by atoms with E-state index in [-0.39, 0.29) is 0 Å². The molecule has 0 aliphatic carbocycles. The topological polar surface area (TPSA) is 24.5 Å². The van der Waals surface area contributed by atoms with Gasteiger partial charge >= 0.3 is 0 Å². The smallest absolute Gasteiger partial charge is 0.0554 e. The molecule has 2 heterocycles. The van der Waals surface area contributed by atoms with E-state index in [1.165, 1.54) is 32.4 Å². The zero-order valence-corrected chi connectivity index (χ0v) is 8.51. The monoisotopic (exact) mass is 184 g/mol. The van der Waals surface area contributed by atoms with Gasteiger partial charge in [-0.15, -0.1) is 0 Å². The largest absolute Gasteiger partial charge is 0.380 e. The zero-order chi connectivity index (χ0) is 9.15. The van der Waals surface area contributed by atoms with Gasteiger partial charge in [0, 0.05) is 25.0 Å². The summed E-state index contributed by atoms with van der Waals surface area (Å²) in [6.07, 6.45) is 4.10. The van der Waals surface area contributed by atoms with E-state index >= 15 is 0 Å². The highest BCUT2D eigenvalue weighted by molar-refractivity contribution is 4.82. The maximum Gasteiger partial charge on any atom is 0.0554 e. The van der Waals surface area contributed by atoms with Crippen molar-refractivity contribution in [2.24, 2.45) is 5.41 Å². The van der Waals surface area contributed by atoms with Gasteiger partial charge in [0.1, 0.15) is 0 Å². The third-order valence-electron chi connectivity index (χ3n) is 2.99. The fourth-order valence-corrected chi connectivity index (χ4v) is 1.91. The molecule has 1 N–H and O–H groups in total. The number of nitrogens with one attached hydrogen (secondary N) is 1. The van der Waals surface area contributed by atoms with Gasteiger partial charge in [0.15, 0.2) is 0 Å². The van der Waals surface area contributed by atoms with Crippen molar-refractivity contribution in [1.82, 2.24) is 10.4 Å². The van der Waals surface area contributed by atoms with E-state index in [0.29, 0.717) is 5.41 Å². The van der Waals surface area contributed by atoms with Crippen LogP contribution in [0.15, 0.2) is 0 Å². The second-order valence-electron chi connectivity index (χ2n) is 4.69. The molecule has 3 heteroatoms. The average molecular weight is 184 g/mol. The van der Waals surface area contributed by atoms with Crippen molar-refractivity contribution in [3.8, 4) is 0 Å². The number of piperidine rings is 1. The molecular formula is C10H20N2O. The van der Waals surface area contributed by atoms with Gasteiger partial charge in [-0.3, -0.25) is 5.43 Å². The Morgan fingerprint density at radius 3 is 2.46 bits per heavy atom. The van der Waals surface area contributed by atoms with Crippen LogP contribution in [-0.2, 0) is 4.74 Å². The van der Waals surface area contributed by atoms with Crippen molar-refractivity contribution in [2.45, 2.75) is 26.2 Å². The van der Waals surface area contributed by atoms with Gasteiger partial charge in [-0.25, -0.2) is 5.01 Å². The molecule has 2 fully saturated rings. The molecular weight excluding hydrogens is 164 g/mol. The second-order valence-corrected chi connectivity index (χ2v) is 4.69. The maximum atomic E-state index is 5.22. The second kappa shape index (κ2) is 3.95. The maximum absolute atomic E-state index is 5.22. The number of hydrazine groups is 1. The summed E-state index contributed by atoms with van der Waals surface area (Å²) in [5.74, 6) is 0. The lowest BCUT2D eigenvalue weighted by Gasteiger charge is -2.40. The van der Waals surface area contributed by atoms with Crippen LogP contribution in [0.4, 0.5) is 0 Å². The normalized spacial score (nSPS) is 28.4. The Labute approximate surface area is 80.4 Å². The van der Waals surface area contributed by atoms with Crippen LogP contribution < -0.4 is 5.43 Å². The molecule has 0 bridgehead atoms. The number of rotatable bonds is 3. The lowest BCUT2D eigenvalue weighted by molar-refractivity contribution is -0.107. The molecule has 0 spiro atoms. The summed E-state index contributed by atoms with van der Waals surface area (Å²) in [5, 5.41) is 2.37. The molecule has 2 rings (SSSR count). The number of nitrogens with zero attached hydrogens (tertiary/aromatic N) is 1. The average Bonchev–Trinajstić information content (AvgIpc) is 2.13. The van der Waals surface area contributed by atoms with Gasteiger partial charge in [0.25, 0.3) is 0 Å². The van der Waals surface area contributed by atoms with Crippen LogP contribution in [0.2, 0.25) is 0 Å². The van der Waals surface area contributed by atoms with E-state index in [0.717, 1.165) is 19.8 Å². The first-order chi connectivity index (χ1) is 6.29. The summed E-state index contributed by atoms with van der Waals surface area (Å²) in [7, 11) is 0. The molecule has 0 aromatic rings. The first kappa shape index (κ1) is 9.44. The minimum atomic E-state index is 0.400. The van der Waals surface area contributed by atoms with Crippen LogP contribution in [0, 0.1) is 5.41 Å². The summed E-state index contributed by atoms with van der Waals surface area (Å²) < 4.78 is 5.22. The lowest BCUT2D eigenvalue weighted by Crippen LogP contribution is -2.52. The van der Waals surface area contributed by atoms with E-state index in [9.17, 15) is 0 Å². The molecule has 0 radical (unpaired) electrons. The van der Waals surface area contributed by atoms with Gasteiger partial charge in [-0.05, 0) is 12.8 Å². The van der Waals surface area contributed by atoms with Crippen molar-refractivity contribution in [1.29, 1.82) is 0 Å².